The largest absolute Gasteiger partial charge is 0.508 e. The summed E-state index contributed by atoms with van der Waals surface area (Å²) < 4.78 is 11.2. The van der Waals surface area contributed by atoms with Gasteiger partial charge in [0, 0.05) is 18.1 Å². The van der Waals surface area contributed by atoms with Gasteiger partial charge >= 0.3 is 5.97 Å². The van der Waals surface area contributed by atoms with Crippen LogP contribution in [0.1, 0.15) is 22.6 Å². The summed E-state index contributed by atoms with van der Waals surface area (Å²) in [7, 11) is 0. The number of fused-ring (bicyclic) bond motifs is 3. The molecule has 0 bridgehead atoms. The van der Waals surface area contributed by atoms with Gasteiger partial charge in [0.15, 0.2) is 17.0 Å². The molecular formula is C34H33NO11. The molecule has 46 heavy (non-hydrogen) atoms. The Labute approximate surface area is 263 Å². The van der Waals surface area contributed by atoms with Crippen molar-refractivity contribution in [1.29, 1.82) is 0 Å². The molecule has 0 radical (unpaired) electrons. The summed E-state index contributed by atoms with van der Waals surface area (Å²) in [6.45, 7) is -0.700. The van der Waals surface area contributed by atoms with Gasteiger partial charge in [0.25, 0.3) is 5.91 Å². The first-order valence-electron chi connectivity index (χ1n) is 14.7. The van der Waals surface area contributed by atoms with E-state index >= 15 is 0 Å². The number of phenols is 2. The van der Waals surface area contributed by atoms with E-state index < -0.39 is 66.4 Å². The van der Waals surface area contributed by atoms with E-state index in [-0.39, 0.29) is 23.1 Å². The Kier molecular flexibility index (Phi) is 8.32. The van der Waals surface area contributed by atoms with E-state index in [0.717, 1.165) is 10.5 Å². The molecule has 2 heterocycles. The maximum atomic E-state index is 14.0. The highest BCUT2D eigenvalue weighted by Gasteiger charge is 2.62. The number of carboxylic acids is 1. The van der Waals surface area contributed by atoms with E-state index in [4.69, 9.17) is 9.47 Å². The van der Waals surface area contributed by atoms with Crippen LogP contribution in [0.4, 0.5) is 5.69 Å². The van der Waals surface area contributed by atoms with Gasteiger partial charge < -0.3 is 45.2 Å². The second-order valence-electron chi connectivity index (χ2n) is 11.6. The molecule has 0 saturated carbocycles. The zero-order valence-corrected chi connectivity index (χ0v) is 24.3. The molecule has 7 N–H and O–H groups in total. The smallest absolute Gasteiger partial charge is 0.334 e. The highest BCUT2D eigenvalue weighted by Crippen LogP contribution is 2.58. The van der Waals surface area contributed by atoms with Crippen LogP contribution in [0.2, 0.25) is 0 Å². The SMILES string of the molecule is O=C(C=Cc1ccc(O)cc1)N1c2cc(O[C@H]3O[C@H](CO)[C@@H](O)[C@H](O)[C@H]3O)c(O)cc2[C@H]2[C@@H](Cc3ccccc3)C=C[C@@]21C(=O)O. The monoisotopic (exact) mass is 631 g/mol. The first kappa shape index (κ1) is 31.3. The van der Waals surface area contributed by atoms with Gasteiger partial charge in [-0.1, -0.05) is 54.6 Å². The minimum Gasteiger partial charge on any atom is -0.508 e. The Morgan fingerprint density at radius 2 is 1.67 bits per heavy atom. The van der Waals surface area contributed by atoms with E-state index in [1.165, 1.54) is 42.5 Å². The molecule has 3 aromatic carbocycles. The number of benzene rings is 3. The summed E-state index contributed by atoms with van der Waals surface area (Å²) in [5.74, 6) is -3.87. The molecule has 8 atom stereocenters. The summed E-state index contributed by atoms with van der Waals surface area (Å²) >= 11 is 0. The summed E-state index contributed by atoms with van der Waals surface area (Å²) in [5.41, 5.74) is 0.161. The number of phenolic OH excluding ortho intramolecular Hbond substituents is 2. The van der Waals surface area contributed by atoms with Gasteiger partial charge in [0.1, 0.15) is 30.2 Å². The van der Waals surface area contributed by atoms with Crippen LogP contribution in [0.5, 0.6) is 17.2 Å². The van der Waals surface area contributed by atoms with Crippen LogP contribution in [-0.2, 0) is 20.7 Å². The van der Waals surface area contributed by atoms with Crippen molar-refractivity contribution in [2.24, 2.45) is 5.92 Å². The van der Waals surface area contributed by atoms with E-state index in [9.17, 15) is 45.3 Å². The fourth-order valence-corrected chi connectivity index (χ4v) is 6.59. The predicted molar refractivity (Wildman–Crippen MR) is 163 cm³/mol. The lowest BCUT2D eigenvalue weighted by atomic mass is 9.77. The molecule has 0 aromatic heterocycles. The molecule has 6 rings (SSSR count). The minimum atomic E-state index is -1.87. The van der Waals surface area contributed by atoms with Crippen molar-refractivity contribution in [1.82, 2.24) is 0 Å². The molecule has 0 unspecified atom stereocenters. The number of nitrogens with zero attached hydrogens (tertiary/aromatic N) is 1. The number of aliphatic hydroxyl groups is 4. The van der Waals surface area contributed by atoms with Crippen LogP contribution >= 0.6 is 0 Å². The van der Waals surface area contributed by atoms with Crippen molar-refractivity contribution in [3.8, 4) is 17.2 Å². The molecule has 1 aliphatic carbocycles. The number of aromatic hydroxyl groups is 2. The molecule has 12 heteroatoms. The van der Waals surface area contributed by atoms with Gasteiger partial charge in [-0.3, -0.25) is 9.69 Å². The number of rotatable bonds is 8. The van der Waals surface area contributed by atoms with Crippen LogP contribution in [0.25, 0.3) is 6.08 Å². The number of ether oxygens (including phenoxy) is 2. The van der Waals surface area contributed by atoms with E-state index in [1.807, 2.05) is 30.3 Å². The lowest BCUT2D eigenvalue weighted by Gasteiger charge is -2.39. The zero-order valence-electron chi connectivity index (χ0n) is 24.3. The summed E-state index contributed by atoms with van der Waals surface area (Å²) in [6, 6.07) is 18.1. The predicted octanol–water partition coefficient (Wildman–Crippen LogP) is 1.67. The lowest BCUT2D eigenvalue weighted by Crippen LogP contribution is -2.60. The average Bonchev–Trinajstić information content (AvgIpc) is 3.55. The zero-order chi connectivity index (χ0) is 32.7. The van der Waals surface area contributed by atoms with Gasteiger partial charge in [-0.15, -0.1) is 0 Å². The number of anilines is 1. The Morgan fingerprint density at radius 3 is 2.35 bits per heavy atom. The number of allylic oxidation sites excluding steroid dienone is 1. The topological polar surface area (TPSA) is 197 Å². The second-order valence-corrected chi connectivity index (χ2v) is 11.6. The molecule has 1 fully saturated rings. The first-order chi connectivity index (χ1) is 22.0. The third-order valence-electron chi connectivity index (χ3n) is 8.83. The Morgan fingerprint density at radius 1 is 0.957 bits per heavy atom. The first-order valence-corrected chi connectivity index (χ1v) is 14.7. The van der Waals surface area contributed by atoms with Gasteiger partial charge in [0.2, 0.25) is 6.29 Å². The van der Waals surface area contributed by atoms with Crippen molar-refractivity contribution in [2.75, 3.05) is 11.5 Å². The molecule has 1 amide bonds. The van der Waals surface area contributed by atoms with E-state index in [0.29, 0.717) is 17.5 Å². The Bertz CT molecular complexity index is 1670. The van der Waals surface area contributed by atoms with Crippen molar-refractivity contribution in [2.45, 2.75) is 48.6 Å². The molecule has 2 aliphatic heterocycles. The third kappa shape index (κ3) is 5.29. The molecule has 1 saturated heterocycles. The van der Waals surface area contributed by atoms with Crippen molar-refractivity contribution in [3.05, 3.63) is 102 Å². The lowest BCUT2D eigenvalue weighted by molar-refractivity contribution is -0.277. The van der Waals surface area contributed by atoms with Crippen molar-refractivity contribution < 1.29 is 54.8 Å². The average molecular weight is 632 g/mol. The van der Waals surface area contributed by atoms with Crippen molar-refractivity contribution in [3.63, 3.8) is 0 Å². The van der Waals surface area contributed by atoms with E-state index in [1.54, 1.807) is 18.2 Å². The maximum absolute atomic E-state index is 14.0. The minimum absolute atomic E-state index is 0.0388. The van der Waals surface area contributed by atoms with Gasteiger partial charge in [0.05, 0.1) is 12.3 Å². The number of amides is 1. The maximum Gasteiger partial charge on any atom is 0.334 e. The number of carboxylic acid groups (broad SMARTS) is 1. The summed E-state index contributed by atoms with van der Waals surface area (Å²) in [5, 5.41) is 72.0. The van der Waals surface area contributed by atoms with Crippen LogP contribution in [0.15, 0.2) is 85.0 Å². The normalized spacial score (nSPS) is 29.9. The third-order valence-corrected chi connectivity index (χ3v) is 8.83. The molecule has 3 aliphatic rings. The molecule has 3 aromatic rings. The Hall–Kier alpha value is -4.72. The van der Waals surface area contributed by atoms with Gasteiger partial charge in [-0.25, -0.2) is 4.79 Å². The number of carbonyl (C=O) groups is 2. The van der Waals surface area contributed by atoms with E-state index in [2.05, 4.69) is 0 Å². The Balaban J connectivity index is 1.43. The molecule has 240 valence electrons. The number of hydrogen-bond acceptors (Lipinski definition) is 10. The number of carbonyl (C=O) groups excluding carboxylic acids is 1. The van der Waals surface area contributed by atoms with Crippen LogP contribution < -0.4 is 9.64 Å². The van der Waals surface area contributed by atoms with Crippen molar-refractivity contribution >= 4 is 23.6 Å². The fraction of sp³-hybridized carbons (Fsp3) is 0.294. The molecule has 12 nitrogen and oxygen atoms in total. The number of aliphatic hydroxyl groups excluding tert-OH is 4. The fourth-order valence-electron chi connectivity index (χ4n) is 6.59. The standard InChI is InChI=1S/C34H33NO11/c36-17-26-29(40)30(41)31(42)32(46-26)45-25-16-23-22(15-24(25)38)28-20(14-19-4-2-1-3-5-19)12-13-34(28,33(43)44)35(23)27(39)11-8-18-6-9-21(37)10-7-18/h1-13,15-16,20,26,28-32,36-38,40-42H,14,17H2,(H,43,44)/t20-,26-,28-,29-,30+,31-,32+,34+/m1/s1. The highest BCUT2D eigenvalue weighted by molar-refractivity contribution is 6.13. The van der Waals surface area contributed by atoms with Gasteiger partial charge in [-0.2, -0.15) is 0 Å². The molecular weight excluding hydrogens is 598 g/mol. The molecule has 0 spiro atoms. The quantitative estimate of drug-likeness (QED) is 0.141. The summed E-state index contributed by atoms with van der Waals surface area (Å²) in [4.78, 5) is 28.4. The number of aliphatic carboxylic acids is 1. The second kappa shape index (κ2) is 12.2. The van der Waals surface area contributed by atoms with Crippen LogP contribution in [0.3, 0.4) is 0 Å². The number of hydrogen-bond donors (Lipinski definition) is 7. The highest BCUT2D eigenvalue weighted by atomic mass is 16.7. The summed E-state index contributed by atoms with van der Waals surface area (Å²) in [6.07, 6.45) is -1.66. The van der Waals surface area contributed by atoms with Gasteiger partial charge in [-0.05, 0) is 53.3 Å². The van der Waals surface area contributed by atoms with Crippen LogP contribution in [-0.4, -0.2) is 90.5 Å². The van der Waals surface area contributed by atoms with Crippen LogP contribution in [0, 0.1) is 5.92 Å².